The van der Waals surface area contributed by atoms with Crippen LogP contribution in [0.3, 0.4) is 0 Å². The maximum atomic E-state index is 12.4. The molecule has 0 aromatic carbocycles. The minimum atomic E-state index is -0.312. The number of rotatable bonds is 2. The van der Waals surface area contributed by atoms with Crippen LogP contribution in [0.15, 0.2) is 0 Å². The molecule has 0 bridgehead atoms. The van der Waals surface area contributed by atoms with Crippen LogP contribution in [0.5, 0.6) is 0 Å². The molecule has 0 saturated carbocycles. The first-order valence-corrected chi connectivity index (χ1v) is 6.60. The first-order chi connectivity index (χ1) is 8.74. The molecule has 1 unspecified atom stereocenters. The van der Waals surface area contributed by atoms with E-state index in [9.17, 15) is 9.59 Å². The Kier molecular flexibility index (Phi) is 4.54. The molecule has 2 N–H and O–H groups in total. The summed E-state index contributed by atoms with van der Waals surface area (Å²) in [7, 11) is 0. The topological polar surface area (TPSA) is 75.9 Å². The lowest BCUT2D eigenvalue weighted by Crippen LogP contribution is -2.56. The molecule has 2 amide bonds. The summed E-state index contributed by atoms with van der Waals surface area (Å²) < 4.78 is 5.24. The van der Waals surface area contributed by atoms with Gasteiger partial charge in [-0.15, -0.1) is 0 Å². The third kappa shape index (κ3) is 2.81. The summed E-state index contributed by atoms with van der Waals surface area (Å²) in [6, 6.07) is -0.312. The number of amides is 2. The van der Waals surface area contributed by atoms with Crippen molar-refractivity contribution < 1.29 is 14.3 Å². The summed E-state index contributed by atoms with van der Waals surface area (Å²) in [6.45, 7) is 3.05. The second-order valence-corrected chi connectivity index (χ2v) is 4.74. The number of piperidine rings is 1. The summed E-state index contributed by atoms with van der Waals surface area (Å²) >= 11 is 0. The summed E-state index contributed by atoms with van der Waals surface area (Å²) in [5, 5.41) is 0. The van der Waals surface area contributed by atoms with E-state index in [0.717, 1.165) is 19.3 Å². The molecule has 0 spiro atoms. The number of carbonyl (C=O) groups excluding carboxylic acids is 2. The molecule has 1 atom stereocenters. The minimum absolute atomic E-state index is 0.0209. The second kappa shape index (κ2) is 6.15. The zero-order valence-electron chi connectivity index (χ0n) is 10.6. The molecule has 2 fully saturated rings. The molecule has 6 heteroatoms. The van der Waals surface area contributed by atoms with Gasteiger partial charge in [-0.25, -0.2) is 0 Å². The number of nitrogens with zero attached hydrogens (tertiary/aromatic N) is 2. The van der Waals surface area contributed by atoms with Gasteiger partial charge in [0, 0.05) is 19.6 Å². The first-order valence-electron chi connectivity index (χ1n) is 6.60. The molecule has 0 aromatic heterocycles. The highest BCUT2D eigenvalue weighted by atomic mass is 16.5. The van der Waals surface area contributed by atoms with Gasteiger partial charge in [-0.2, -0.15) is 0 Å². The van der Waals surface area contributed by atoms with Gasteiger partial charge < -0.3 is 20.3 Å². The van der Waals surface area contributed by atoms with Gasteiger partial charge in [-0.1, -0.05) is 0 Å². The van der Waals surface area contributed by atoms with Crippen LogP contribution in [0.25, 0.3) is 0 Å². The van der Waals surface area contributed by atoms with Crippen LogP contribution >= 0.6 is 0 Å². The molecule has 18 heavy (non-hydrogen) atoms. The van der Waals surface area contributed by atoms with Crippen molar-refractivity contribution in [2.24, 2.45) is 5.73 Å². The predicted octanol–water partition coefficient (Wildman–Crippen LogP) is -0.815. The van der Waals surface area contributed by atoms with E-state index in [0.29, 0.717) is 32.8 Å². The Morgan fingerprint density at radius 3 is 2.56 bits per heavy atom. The standard InChI is InChI=1S/C12H21N3O3/c13-9-11(16)15-4-2-1-3-10(15)12(17)14-5-7-18-8-6-14/h10H,1-9,13H2. The quantitative estimate of drug-likeness (QED) is 0.700. The number of hydrogen-bond donors (Lipinski definition) is 1. The average molecular weight is 255 g/mol. The minimum Gasteiger partial charge on any atom is -0.378 e. The van der Waals surface area contributed by atoms with Crippen molar-refractivity contribution in [3.63, 3.8) is 0 Å². The van der Waals surface area contributed by atoms with E-state index in [2.05, 4.69) is 0 Å². The number of carbonyl (C=O) groups is 2. The molecule has 2 saturated heterocycles. The van der Waals surface area contributed by atoms with E-state index in [4.69, 9.17) is 10.5 Å². The van der Waals surface area contributed by atoms with Crippen molar-refractivity contribution >= 4 is 11.8 Å². The van der Waals surface area contributed by atoms with Crippen molar-refractivity contribution in [2.75, 3.05) is 39.4 Å². The third-order valence-electron chi connectivity index (χ3n) is 3.61. The van der Waals surface area contributed by atoms with Crippen LogP contribution in [0.2, 0.25) is 0 Å². The normalized spacial score (nSPS) is 25.1. The number of ether oxygens (including phenoxy) is 1. The highest BCUT2D eigenvalue weighted by molar-refractivity contribution is 5.88. The van der Waals surface area contributed by atoms with Crippen LogP contribution in [0.4, 0.5) is 0 Å². The van der Waals surface area contributed by atoms with Crippen LogP contribution in [0, 0.1) is 0 Å². The molecule has 2 aliphatic heterocycles. The highest BCUT2D eigenvalue weighted by Gasteiger charge is 2.34. The number of likely N-dealkylation sites (tertiary alicyclic amines) is 1. The van der Waals surface area contributed by atoms with Crippen molar-refractivity contribution in [3.05, 3.63) is 0 Å². The monoisotopic (exact) mass is 255 g/mol. The smallest absolute Gasteiger partial charge is 0.245 e. The summed E-state index contributed by atoms with van der Waals surface area (Å²) in [5.74, 6) is -0.0684. The van der Waals surface area contributed by atoms with Crippen molar-refractivity contribution in [2.45, 2.75) is 25.3 Å². The van der Waals surface area contributed by atoms with Crippen LogP contribution < -0.4 is 5.73 Å². The van der Waals surface area contributed by atoms with Crippen molar-refractivity contribution in [1.82, 2.24) is 9.80 Å². The fraction of sp³-hybridized carbons (Fsp3) is 0.833. The molecule has 0 aromatic rings. The van der Waals surface area contributed by atoms with Gasteiger partial charge in [-0.05, 0) is 19.3 Å². The summed E-state index contributed by atoms with van der Waals surface area (Å²) in [4.78, 5) is 27.6. The van der Waals surface area contributed by atoms with Gasteiger partial charge in [0.15, 0.2) is 0 Å². The van der Waals surface area contributed by atoms with E-state index < -0.39 is 0 Å². The van der Waals surface area contributed by atoms with Gasteiger partial charge in [0.2, 0.25) is 11.8 Å². The van der Waals surface area contributed by atoms with E-state index in [1.54, 1.807) is 9.80 Å². The Bertz CT molecular complexity index is 316. The molecule has 102 valence electrons. The second-order valence-electron chi connectivity index (χ2n) is 4.74. The summed E-state index contributed by atoms with van der Waals surface area (Å²) in [5.41, 5.74) is 5.41. The molecule has 0 radical (unpaired) electrons. The predicted molar refractivity (Wildman–Crippen MR) is 65.8 cm³/mol. The van der Waals surface area contributed by atoms with E-state index in [-0.39, 0.29) is 24.4 Å². The Labute approximate surface area is 107 Å². The molecule has 0 aliphatic carbocycles. The molecule has 2 heterocycles. The lowest BCUT2D eigenvalue weighted by Gasteiger charge is -2.38. The van der Waals surface area contributed by atoms with Crippen LogP contribution in [-0.4, -0.2) is 67.0 Å². The van der Waals surface area contributed by atoms with Crippen molar-refractivity contribution in [3.8, 4) is 0 Å². The Morgan fingerprint density at radius 2 is 1.89 bits per heavy atom. The Morgan fingerprint density at radius 1 is 1.17 bits per heavy atom. The zero-order valence-corrected chi connectivity index (χ0v) is 10.6. The number of morpholine rings is 1. The van der Waals surface area contributed by atoms with Gasteiger partial charge in [0.05, 0.1) is 19.8 Å². The van der Waals surface area contributed by atoms with E-state index in [1.165, 1.54) is 0 Å². The molecular formula is C12H21N3O3. The highest BCUT2D eigenvalue weighted by Crippen LogP contribution is 2.19. The summed E-state index contributed by atoms with van der Waals surface area (Å²) in [6.07, 6.45) is 2.70. The fourth-order valence-corrected chi connectivity index (χ4v) is 2.60. The van der Waals surface area contributed by atoms with Gasteiger partial charge in [0.25, 0.3) is 0 Å². The fourth-order valence-electron chi connectivity index (χ4n) is 2.60. The molecule has 6 nitrogen and oxygen atoms in total. The Balaban J connectivity index is 2.03. The first kappa shape index (κ1) is 13.3. The number of nitrogens with two attached hydrogens (primary N) is 1. The molecular weight excluding hydrogens is 234 g/mol. The average Bonchev–Trinajstić information content (AvgIpc) is 2.46. The zero-order chi connectivity index (χ0) is 13.0. The lowest BCUT2D eigenvalue weighted by molar-refractivity contribution is -0.149. The molecule has 2 aliphatic rings. The van der Waals surface area contributed by atoms with E-state index in [1.807, 2.05) is 0 Å². The maximum absolute atomic E-state index is 12.4. The SMILES string of the molecule is NCC(=O)N1CCCCC1C(=O)N1CCOCC1. The third-order valence-corrected chi connectivity index (χ3v) is 3.61. The van der Waals surface area contributed by atoms with Gasteiger partial charge in [-0.3, -0.25) is 9.59 Å². The number of hydrogen-bond acceptors (Lipinski definition) is 4. The van der Waals surface area contributed by atoms with E-state index >= 15 is 0 Å². The lowest BCUT2D eigenvalue weighted by atomic mass is 10.0. The van der Waals surface area contributed by atoms with Crippen molar-refractivity contribution in [1.29, 1.82) is 0 Å². The van der Waals surface area contributed by atoms with Crippen LogP contribution in [-0.2, 0) is 14.3 Å². The maximum Gasteiger partial charge on any atom is 0.245 e. The van der Waals surface area contributed by atoms with Gasteiger partial charge >= 0.3 is 0 Å². The van der Waals surface area contributed by atoms with Gasteiger partial charge in [0.1, 0.15) is 6.04 Å². The Hall–Kier alpha value is -1.14. The largest absolute Gasteiger partial charge is 0.378 e. The van der Waals surface area contributed by atoms with Crippen LogP contribution in [0.1, 0.15) is 19.3 Å². The molecule has 2 rings (SSSR count).